The lowest BCUT2D eigenvalue weighted by Gasteiger charge is -2.34. The first kappa shape index (κ1) is 34.2. The number of aryl methyl sites for hydroxylation is 3. The number of hydrogen-bond acceptors (Lipinski definition) is 4. The van der Waals surface area contributed by atoms with E-state index in [1.54, 1.807) is 54.3 Å². The Labute approximate surface area is 283 Å². The third-order valence-corrected chi connectivity index (χ3v) is 10.8. The van der Waals surface area contributed by atoms with E-state index in [0.717, 1.165) is 52.2 Å². The molecule has 5 rings (SSSR count). The Hall–Kier alpha value is -4.14. The molecule has 246 valence electrons. The molecular formula is C38H42ClN3O4S. The summed E-state index contributed by atoms with van der Waals surface area (Å²) in [5.41, 5.74) is 4.66. The first-order valence-electron chi connectivity index (χ1n) is 16.1. The van der Waals surface area contributed by atoms with Gasteiger partial charge >= 0.3 is 0 Å². The lowest BCUT2D eigenvalue weighted by atomic mass is 10.0. The van der Waals surface area contributed by atoms with Crippen LogP contribution in [0.15, 0.2) is 102 Å². The average molecular weight is 672 g/mol. The number of benzene rings is 4. The van der Waals surface area contributed by atoms with Gasteiger partial charge in [-0.25, -0.2) is 8.42 Å². The predicted octanol–water partition coefficient (Wildman–Crippen LogP) is 7.16. The highest BCUT2D eigenvalue weighted by Gasteiger charge is 2.36. The zero-order chi connectivity index (χ0) is 33.6. The smallest absolute Gasteiger partial charge is 0.264 e. The van der Waals surface area contributed by atoms with Crippen molar-refractivity contribution in [1.29, 1.82) is 0 Å². The van der Waals surface area contributed by atoms with Crippen LogP contribution in [0.3, 0.4) is 0 Å². The van der Waals surface area contributed by atoms with E-state index in [2.05, 4.69) is 5.32 Å². The Morgan fingerprint density at radius 2 is 1.45 bits per heavy atom. The molecular weight excluding hydrogens is 630 g/mol. The molecule has 1 saturated carbocycles. The van der Waals surface area contributed by atoms with Gasteiger partial charge in [0.15, 0.2) is 0 Å². The Morgan fingerprint density at radius 3 is 2.09 bits per heavy atom. The van der Waals surface area contributed by atoms with Crippen molar-refractivity contribution >= 4 is 39.1 Å². The molecule has 9 heteroatoms. The van der Waals surface area contributed by atoms with E-state index < -0.39 is 28.5 Å². The van der Waals surface area contributed by atoms with Gasteiger partial charge in [-0.3, -0.25) is 13.9 Å². The fraction of sp³-hybridized carbons (Fsp3) is 0.316. The minimum Gasteiger partial charge on any atom is -0.352 e. The van der Waals surface area contributed by atoms with E-state index in [4.69, 9.17) is 11.6 Å². The van der Waals surface area contributed by atoms with E-state index in [9.17, 15) is 18.0 Å². The maximum Gasteiger partial charge on any atom is 0.264 e. The van der Waals surface area contributed by atoms with Gasteiger partial charge in [0, 0.05) is 24.0 Å². The van der Waals surface area contributed by atoms with E-state index in [-0.39, 0.29) is 29.8 Å². The zero-order valence-electron chi connectivity index (χ0n) is 27.2. The van der Waals surface area contributed by atoms with E-state index in [0.29, 0.717) is 16.3 Å². The average Bonchev–Trinajstić information content (AvgIpc) is 3.57. The maximum atomic E-state index is 14.7. The molecule has 4 aromatic rings. The van der Waals surface area contributed by atoms with Crippen molar-refractivity contribution in [3.05, 3.63) is 130 Å². The Kier molecular flexibility index (Phi) is 11.0. The molecule has 7 nitrogen and oxygen atoms in total. The van der Waals surface area contributed by atoms with Crippen LogP contribution >= 0.6 is 11.6 Å². The molecule has 0 unspecified atom stereocenters. The molecule has 1 N–H and O–H groups in total. The topological polar surface area (TPSA) is 86.8 Å². The number of amides is 2. The summed E-state index contributed by atoms with van der Waals surface area (Å²) in [6, 6.07) is 28.1. The van der Waals surface area contributed by atoms with Gasteiger partial charge in [0.25, 0.3) is 10.0 Å². The summed E-state index contributed by atoms with van der Waals surface area (Å²) in [5.74, 6) is -0.740. The van der Waals surface area contributed by atoms with E-state index in [1.165, 1.54) is 0 Å². The second kappa shape index (κ2) is 15.2. The van der Waals surface area contributed by atoms with E-state index >= 15 is 0 Å². The van der Waals surface area contributed by atoms with Crippen molar-refractivity contribution in [2.24, 2.45) is 0 Å². The van der Waals surface area contributed by atoms with Crippen molar-refractivity contribution < 1.29 is 18.0 Å². The zero-order valence-corrected chi connectivity index (χ0v) is 28.7. The van der Waals surface area contributed by atoms with Gasteiger partial charge in [0.2, 0.25) is 11.8 Å². The standard InChI is InChI=1S/C38H42ClN3O4S/c1-27-13-18-31(19-14-27)25-41(36(23-30-9-5-4-6-10-30)38(44)40-33-11-7-8-12-33)37(43)26-42(35-24-32(39)20-17-29(35)3)47(45,46)34-21-15-28(2)16-22-34/h4-6,9-10,13-22,24,33,36H,7-8,11-12,23,25-26H2,1-3H3,(H,40,44)/t36-/m0/s1. The lowest BCUT2D eigenvalue weighted by Crippen LogP contribution is -2.54. The molecule has 47 heavy (non-hydrogen) atoms. The molecule has 1 aliphatic rings. The summed E-state index contributed by atoms with van der Waals surface area (Å²) in [4.78, 5) is 30.4. The minimum atomic E-state index is -4.21. The summed E-state index contributed by atoms with van der Waals surface area (Å²) >= 11 is 6.39. The van der Waals surface area contributed by atoms with Gasteiger partial charge in [-0.2, -0.15) is 0 Å². The van der Waals surface area contributed by atoms with Gasteiger partial charge in [-0.15, -0.1) is 0 Å². The van der Waals surface area contributed by atoms with Crippen LogP contribution in [0.4, 0.5) is 5.69 Å². The summed E-state index contributed by atoms with van der Waals surface area (Å²) in [5, 5.41) is 3.55. The molecule has 0 radical (unpaired) electrons. The summed E-state index contributed by atoms with van der Waals surface area (Å²) in [7, 11) is -4.21. The summed E-state index contributed by atoms with van der Waals surface area (Å²) in [6.07, 6.45) is 4.16. The molecule has 1 fully saturated rings. The van der Waals surface area contributed by atoms with Crippen LogP contribution in [0.5, 0.6) is 0 Å². The van der Waals surface area contributed by atoms with Crippen LogP contribution < -0.4 is 9.62 Å². The molecule has 4 aromatic carbocycles. The fourth-order valence-electron chi connectivity index (χ4n) is 6.01. The molecule has 0 spiro atoms. The molecule has 1 aliphatic carbocycles. The van der Waals surface area contributed by atoms with Gasteiger partial charge in [-0.05, 0) is 74.6 Å². The lowest BCUT2D eigenvalue weighted by molar-refractivity contribution is -0.140. The highest BCUT2D eigenvalue weighted by Crippen LogP contribution is 2.30. The molecule has 0 aromatic heterocycles. The second-order valence-corrected chi connectivity index (χ2v) is 14.8. The first-order valence-corrected chi connectivity index (χ1v) is 17.9. The quantitative estimate of drug-likeness (QED) is 0.173. The Balaban J connectivity index is 1.58. The van der Waals surface area contributed by atoms with Crippen LogP contribution in [-0.2, 0) is 32.6 Å². The van der Waals surface area contributed by atoms with Gasteiger partial charge in [0.1, 0.15) is 12.6 Å². The molecule has 2 amide bonds. The van der Waals surface area contributed by atoms with Gasteiger partial charge in [0.05, 0.1) is 10.6 Å². The number of carbonyl (C=O) groups excluding carboxylic acids is 2. The van der Waals surface area contributed by atoms with Crippen LogP contribution in [0.1, 0.15) is 53.5 Å². The molecule has 1 atom stereocenters. The summed E-state index contributed by atoms with van der Waals surface area (Å²) in [6.45, 7) is 5.25. The van der Waals surface area contributed by atoms with E-state index in [1.807, 2.05) is 68.4 Å². The van der Waals surface area contributed by atoms with Crippen molar-refractivity contribution in [2.75, 3.05) is 10.8 Å². The number of anilines is 1. The monoisotopic (exact) mass is 671 g/mol. The van der Waals surface area contributed by atoms with Crippen LogP contribution in [0.25, 0.3) is 0 Å². The fourth-order valence-corrected chi connectivity index (χ4v) is 7.65. The largest absolute Gasteiger partial charge is 0.352 e. The first-order chi connectivity index (χ1) is 22.5. The normalized spacial score (nSPS) is 14.0. The van der Waals surface area contributed by atoms with Crippen molar-refractivity contribution in [2.45, 2.75) is 76.4 Å². The SMILES string of the molecule is Cc1ccc(CN(C(=O)CN(c2cc(Cl)ccc2C)S(=O)(=O)c2ccc(C)cc2)[C@@H](Cc2ccccc2)C(=O)NC2CCCC2)cc1. The number of sulfonamides is 1. The van der Waals surface area contributed by atoms with Crippen LogP contribution in [0.2, 0.25) is 5.02 Å². The summed E-state index contributed by atoms with van der Waals surface area (Å²) < 4.78 is 29.8. The molecule has 0 saturated heterocycles. The maximum absolute atomic E-state index is 14.7. The van der Waals surface area contributed by atoms with Gasteiger partial charge < -0.3 is 10.2 Å². The van der Waals surface area contributed by atoms with Crippen molar-refractivity contribution in [3.63, 3.8) is 0 Å². The highest BCUT2D eigenvalue weighted by atomic mass is 35.5. The van der Waals surface area contributed by atoms with Crippen molar-refractivity contribution in [3.8, 4) is 0 Å². The number of hydrogen-bond donors (Lipinski definition) is 1. The van der Waals surface area contributed by atoms with Crippen LogP contribution in [0, 0.1) is 20.8 Å². The third kappa shape index (κ3) is 8.62. The number of nitrogens with zero attached hydrogens (tertiary/aromatic N) is 2. The second-order valence-electron chi connectivity index (χ2n) is 12.5. The number of halogens is 1. The highest BCUT2D eigenvalue weighted by molar-refractivity contribution is 7.92. The van der Waals surface area contributed by atoms with Crippen LogP contribution in [-0.4, -0.2) is 43.8 Å². The Morgan fingerprint density at radius 1 is 0.830 bits per heavy atom. The minimum absolute atomic E-state index is 0.0459. The predicted molar refractivity (Wildman–Crippen MR) is 188 cm³/mol. The number of rotatable bonds is 12. The Bertz CT molecular complexity index is 1790. The molecule has 0 heterocycles. The molecule has 0 aliphatic heterocycles. The van der Waals surface area contributed by atoms with Crippen molar-refractivity contribution in [1.82, 2.24) is 10.2 Å². The number of nitrogens with one attached hydrogen (secondary N) is 1. The van der Waals surface area contributed by atoms with Gasteiger partial charge in [-0.1, -0.05) is 108 Å². The third-order valence-electron chi connectivity index (χ3n) is 8.77. The molecule has 0 bridgehead atoms. The number of carbonyl (C=O) groups is 2.